The van der Waals surface area contributed by atoms with Gasteiger partial charge in [0, 0.05) is 17.0 Å². The van der Waals surface area contributed by atoms with Crippen LogP contribution in [0.2, 0.25) is 5.02 Å². The van der Waals surface area contributed by atoms with Crippen molar-refractivity contribution in [1.82, 2.24) is 0 Å². The average molecular weight is 274 g/mol. The van der Waals surface area contributed by atoms with Gasteiger partial charge in [0.2, 0.25) is 0 Å². The van der Waals surface area contributed by atoms with E-state index in [9.17, 15) is 0 Å². The first-order valence-electron chi connectivity index (χ1n) is 6.63. The van der Waals surface area contributed by atoms with Crippen molar-refractivity contribution in [3.05, 3.63) is 70.2 Å². The van der Waals surface area contributed by atoms with Crippen molar-refractivity contribution in [2.45, 2.75) is 32.2 Å². The predicted molar refractivity (Wildman–Crippen MR) is 82.7 cm³/mol. The summed E-state index contributed by atoms with van der Waals surface area (Å²) in [6.45, 7) is 4.19. The van der Waals surface area contributed by atoms with Crippen LogP contribution >= 0.6 is 11.6 Å². The molecule has 0 aromatic heterocycles. The third-order valence-corrected chi connectivity index (χ3v) is 3.73. The Hall–Kier alpha value is -1.31. The van der Waals surface area contributed by atoms with Gasteiger partial charge in [0.25, 0.3) is 0 Å². The van der Waals surface area contributed by atoms with Crippen LogP contribution in [-0.2, 0) is 6.42 Å². The third-order valence-electron chi connectivity index (χ3n) is 3.47. The number of hydrogen-bond acceptors (Lipinski definition) is 1. The molecule has 0 aliphatic rings. The zero-order valence-corrected chi connectivity index (χ0v) is 12.2. The van der Waals surface area contributed by atoms with Gasteiger partial charge in [-0.15, -0.1) is 0 Å². The molecule has 0 saturated carbocycles. The highest BCUT2D eigenvalue weighted by Gasteiger charge is 2.16. The molecule has 0 fully saturated rings. The molecule has 2 N–H and O–H groups in total. The van der Waals surface area contributed by atoms with Crippen molar-refractivity contribution in [2.24, 2.45) is 5.73 Å². The molecule has 2 heteroatoms. The van der Waals surface area contributed by atoms with E-state index >= 15 is 0 Å². The van der Waals surface area contributed by atoms with E-state index in [0.29, 0.717) is 5.92 Å². The molecule has 0 heterocycles. The fourth-order valence-corrected chi connectivity index (χ4v) is 2.51. The summed E-state index contributed by atoms with van der Waals surface area (Å²) >= 11 is 5.92. The molecule has 0 radical (unpaired) electrons. The van der Waals surface area contributed by atoms with E-state index in [-0.39, 0.29) is 6.04 Å². The van der Waals surface area contributed by atoms with Crippen molar-refractivity contribution < 1.29 is 0 Å². The van der Waals surface area contributed by atoms with Crippen LogP contribution in [0.4, 0.5) is 0 Å². The standard InChI is InChI=1S/C17H20ClN/c1-12-4-3-5-15(10-12)17(13(2)19)11-14-6-8-16(18)9-7-14/h3-10,13,17H,11,19H2,1-2H3. The summed E-state index contributed by atoms with van der Waals surface area (Å²) in [7, 11) is 0. The zero-order valence-electron chi connectivity index (χ0n) is 11.4. The molecule has 0 aliphatic heterocycles. The van der Waals surface area contributed by atoms with Crippen molar-refractivity contribution in [1.29, 1.82) is 0 Å². The van der Waals surface area contributed by atoms with Crippen molar-refractivity contribution >= 4 is 11.6 Å². The molecule has 0 bridgehead atoms. The molecule has 1 nitrogen and oxygen atoms in total. The minimum Gasteiger partial charge on any atom is -0.327 e. The van der Waals surface area contributed by atoms with E-state index in [4.69, 9.17) is 17.3 Å². The highest BCUT2D eigenvalue weighted by molar-refractivity contribution is 6.30. The van der Waals surface area contributed by atoms with Crippen LogP contribution in [0, 0.1) is 6.92 Å². The minimum absolute atomic E-state index is 0.123. The Balaban J connectivity index is 2.23. The lowest BCUT2D eigenvalue weighted by molar-refractivity contribution is 0.565. The fraction of sp³-hybridized carbons (Fsp3) is 0.294. The van der Waals surface area contributed by atoms with Crippen LogP contribution in [0.25, 0.3) is 0 Å². The maximum Gasteiger partial charge on any atom is 0.0406 e. The van der Waals surface area contributed by atoms with E-state index in [1.807, 2.05) is 12.1 Å². The second kappa shape index (κ2) is 6.23. The molecular weight excluding hydrogens is 254 g/mol. The van der Waals surface area contributed by atoms with Gasteiger partial charge in [-0.25, -0.2) is 0 Å². The van der Waals surface area contributed by atoms with Gasteiger partial charge in [-0.05, 0) is 43.5 Å². The topological polar surface area (TPSA) is 26.0 Å². The molecule has 100 valence electrons. The number of aryl methyl sites for hydroxylation is 1. The van der Waals surface area contributed by atoms with Crippen LogP contribution in [0.1, 0.15) is 29.5 Å². The van der Waals surface area contributed by atoms with Crippen molar-refractivity contribution in [3.8, 4) is 0 Å². The quantitative estimate of drug-likeness (QED) is 0.882. The molecule has 0 saturated heterocycles. The SMILES string of the molecule is Cc1cccc(C(Cc2ccc(Cl)cc2)C(C)N)c1. The first kappa shape index (κ1) is 14.1. The molecule has 2 unspecified atom stereocenters. The van der Waals surface area contributed by atoms with Gasteiger partial charge in [0.1, 0.15) is 0 Å². The number of halogens is 1. The number of rotatable bonds is 4. The summed E-state index contributed by atoms with van der Waals surface area (Å²) < 4.78 is 0. The van der Waals surface area contributed by atoms with E-state index in [1.54, 1.807) is 0 Å². The highest BCUT2D eigenvalue weighted by atomic mass is 35.5. The maximum absolute atomic E-state index is 6.17. The van der Waals surface area contributed by atoms with Gasteiger partial charge in [-0.2, -0.15) is 0 Å². The molecular formula is C17H20ClN. The normalized spacial score (nSPS) is 14.1. The van der Waals surface area contributed by atoms with E-state index in [2.05, 4.69) is 50.2 Å². The second-order valence-corrected chi connectivity index (χ2v) is 5.65. The number of benzene rings is 2. The Morgan fingerprint density at radius 3 is 2.37 bits per heavy atom. The molecule has 2 aromatic carbocycles. The lowest BCUT2D eigenvalue weighted by Crippen LogP contribution is -2.26. The predicted octanol–water partition coefficient (Wildman–Crippen LogP) is 4.32. The summed E-state index contributed by atoms with van der Waals surface area (Å²) in [4.78, 5) is 0. The molecule has 0 spiro atoms. The van der Waals surface area contributed by atoms with Gasteiger partial charge in [0.15, 0.2) is 0 Å². The molecule has 0 amide bonds. The summed E-state index contributed by atoms with van der Waals surface area (Å²) in [5, 5.41) is 0.775. The fourth-order valence-electron chi connectivity index (χ4n) is 2.38. The Bertz CT molecular complexity index is 531. The van der Waals surface area contributed by atoms with E-state index < -0.39 is 0 Å². The maximum atomic E-state index is 6.17. The lowest BCUT2D eigenvalue weighted by Gasteiger charge is -2.22. The average Bonchev–Trinajstić information content (AvgIpc) is 2.37. The molecule has 0 aliphatic carbocycles. The Labute approximate surface area is 120 Å². The monoisotopic (exact) mass is 273 g/mol. The van der Waals surface area contributed by atoms with Crippen LogP contribution in [0.3, 0.4) is 0 Å². The molecule has 2 rings (SSSR count). The van der Waals surface area contributed by atoms with Gasteiger partial charge >= 0.3 is 0 Å². The van der Waals surface area contributed by atoms with Crippen LogP contribution < -0.4 is 5.73 Å². The summed E-state index contributed by atoms with van der Waals surface area (Å²) in [6.07, 6.45) is 0.943. The smallest absolute Gasteiger partial charge is 0.0406 e. The summed E-state index contributed by atoms with van der Waals surface area (Å²) in [6, 6.07) is 16.8. The minimum atomic E-state index is 0.123. The van der Waals surface area contributed by atoms with Gasteiger partial charge in [-0.1, -0.05) is 53.6 Å². The first-order valence-corrected chi connectivity index (χ1v) is 7.00. The summed E-state index contributed by atoms with van der Waals surface area (Å²) in [5.74, 6) is 0.334. The van der Waals surface area contributed by atoms with E-state index in [1.165, 1.54) is 16.7 Å². The lowest BCUT2D eigenvalue weighted by atomic mass is 9.86. The van der Waals surface area contributed by atoms with Gasteiger partial charge < -0.3 is 5.73 Å². The molecule has 2 aromatic rings. The van der Waals surface area contributed by atoms with Gasteiger partial charge in [0.05, 0.1) is 0 Å². The second-order valence-electron chi connectivity index (χ2n) is 5.21. The van der Waals surface area contributed by atoms with Crippen LogP contribution in [0.15, 0.2) is 48.5 Å². The molecule has 19 heavy (non-hydrogen) atoms. The largest absolute Gasteiger partial charge is 0.327 e. The highest BCUT2D eigenvalue weighted by Crippen LogP contribution is 2.25. The van der Waals surface area contributed by atoms with Crippen molar-refractivity contribution in [2.75, 3.05) is 0 Å². The Kier molecular flexibility index (Phi) is 4.62. The zero-order chi connectivity index (χ0) is 13.8. The Morgan fingerprint density at radius 2 is 1.79 bits per heavy atom. The van der Waals surface area contributed by atoms with E-state index in [0.717, 1.165) is 11.4 Å². The van der Waals surface area contributed by atoms with Gasteiger partial charge in [-0.3, -0.25) is 0 Å². The third kappa shape index (κ3) is 3.82. The van der Waals surface area contributed by atoms with Crippen LogP contribution in [0.5, 0.6) is 0 Å². The molecule has 2 atom stereocenters. The summed E-state index contributed by atoms with van der Waals surface area (Å²) in [5.41, 5.74) is 10.0. The van der Waals surface area contributed by atoms with Crippen molar-refractivity contribution in [3.63, 3.8) is 0 Å². The number of hydrogen-bond donors (Lipinski definition) is 1. The first-order chi connectivity index (χ1) is 9.06. The number of nitrogens with two attached hydrogens (primary N) is 1. The van der Waals surface area contributed by atoms with Crippen LogP contribution in [-0.4, -0.2) is 6.04 Å². The Morgan fingerprint density at radius 1 is 1.11 bits per heavy atom.